The van der Waals surface area contributed by atoms with Gasteiger partial charge in [0.05, 0.1) is 40.0 Å². The van der Waals surface area contributed by atoms with Crippen LogP contribution in [0.15, 0.2) is 24.3 Å². The van der Waals surface area contributed by atoms with Gasteiger partial charge in [0.15, 0.2) is 6.10 Å². The molecule has 1 fully saturated rings. The number of quaternary nitrogens is 1. The van der Waals surface area contributed by atoms with Crippen LogP contribution in [0.4, 0.5) is 0 Å². The van der Waals surface area contributed by atoms with E-state index in [1.165, 1.54) is 12.8 Å². The van der Waals surface area contributed by atoms with Crippen molar-refractivity contribution in [2.75, 3.05) is 47.5 Å². The van der Waals surface area contributed by atoms with E-state index in [-0.39, 0.29) is 50.1 Å². The maximum Gasteiger partial charge on any atom is 0.306 e. The second-order valence-electron chi connectivity index (χ2n) is 16.1. The SMILES string of the molecule is CCCC/C=C\CCCCCCCC(=O)O[C@H](COC(=O)CCCCCC[C@H]1C(=O)C[C@@H](O)[C@@H]1/C=C/[C@@H](O)CCCCC)COP(=O)([O-])OCC[N+](C)(C)C. The third-order valence-electron chi connectivity index (χ3n) is 9.84. The number of aliphatic hydroxyl groups excluding tert-OH is 2. The highest BCUT2D eigenvalue weighted by Gasteiger charge is 2.39. The number of esters is 2. The van der Waals surface area contributed by atoms with Crippen LogP contribution in [0.2, 0.25) is 0 Å². The van der Waals surface area contributed by atoms with Crippen molar-refractivity contribution in [2.45, 2.75) is 167 Å². The van der Waals surface area contributed by atoms with Crippen LogP contribution in [-0.4, -0.2) is 98.2 Å². The number of Topliss-reactive ketones (excluding diaryl/α,β-unsaturated/α-hetero) is 1. The number of hydrogen-bond donors (Lipinski definition) is 2. The van der Waals surface area contributed by atoms with Crippen molar-refractivity contribution in [1.29, 1.82) is 0 Å². The summed E-state index contributed by atoms with van der Waals surface area (Å²) in [5.41, 5.74) is 0. The first-order valence-corrected chi connectivity index (χ1v) is 22.6. The van der Waals surface area contributed by atoms with Gasteiger partial charge in [-0.25, -0.2) is 0 Å². The third-order valence-corrected chi connectivity index (χ3v) is 10.8. The number of ether oxygens (including phenoxy) is 2. The van der Waals surface area contributed by atoms with Gasteiger partial charge >= 0.3 is 11.9 Å². The Morgan fingerprint density at radius 1 is 0.855 bits per heavy atom. The lowest BCUT2D eigenvalue weighted by atomic mass is 9.88. The van der Waals surface area contributed by atoms with E-state index in [9.17, 15) is 34.1 Å². The zero-order valence-corrected chi connectivity index (χ0v) is 35.7. The van der Waals surface area contributed by atoms with E-state index >= 15 is 0 Å². The number of aliphatic hydroxyl groups is 2. The summed E-state index contributed by atoms with van der Waals surface area (Å²) in [6.45, 7) is 3.78. The quantitative estimate of drug-likeness (QED) is 0.0217. The summed E-state index contributed by atoms with van der Waals surface area (Å²) < 4.78 is 33.7. The molecule has 0 radical (unpaired) electrons. The molecule has 0 bridgehead atoms. The lowest BCUT2D eigenvalue weighted by Gasteiger charge is -2.28. The molecule has 13 heteroatoms. The minimum absolute atomic E-state index is 0.0474. The summed E-state index contributed by atoms with van der Waals surface area (Å²) in [7, 11) is 1.03. The van der Waals surface area contributed by atoms with E-state index in [2.05, 4.69) is 26.0 Å². The Morgan fingerprint density at radius 2 is 1.47 bits per heavy atom. The Hall–Kier alpha value is -1.92. The maximum atomic E-state index is 12.6. The molecule has 0 saturated heterocycles. The molecular weight excluding hydrogens is 725 g/mol. The van der Waals surface area contributed by atoms with Gasteiger partial charge in [-0.1, -0.05) is 109 Å². The number of carbonyl (C=O) groups is 3. The van der Waals surface area contributed by atoms with Crippen LogP contribution >= 0.6 is 7.82 Å². The number of unbranched alkanes of at least 4 members (excludes halogenated alkanes) is 12. The minimum Gasteiger partial charge on any atom is -0.756 e. The largest absolute Gasteiger partial charge is 0.756 e. The number of carbonyl (C=O) groups excluding carboxylic acids is 3. The van der Waals surface area contributed by atoms with Crippen molar-refractivity contribution in [1.82, 2.24) is 0 Å². The van der Waals surface area contributed by atoms with Crippen molar-refractivity contribution in [3.8, 4) is 0 Å². The number of ketones is 1. The van der Waals surface area contributed by atoms with Gasteiger partial charge in [-0.15, -0.1) is 0 Å². The molecule has 0 aliphatic heterocycles. The third kappa shape index (κ3) is 27.4. The second-order valence-corrected chi connectivity index (χ2v) is 17.5. The van der Waals surface area contributed by atoms with E-state index in [4.69, 9.17) is 18.5 Å². The monoisotopic (exact) mass is 802 g/mol. The Morgan fingerprint density at radius 3 is 2.15 bits per heavy atom. The van der Waals surface area contributed by atoms with E-state index in [1.54, 1.807) is 6.08 Å². The lowest BCUT2D eigenvalue weighted by molar-refractivity contribution is -0.870. The zero-order valence-electron chi connectivity index (χ0n) is 34.8. The zero-order chi connectivity index (χ0) is 41.0. The van der Waals surface area contributed by atoms with Gasteiger partial charge in [0.25, 0.3) is 7.82 Å². The summed E-state index contributed by atoms with van der Waals surface area (Å²) in [5.74, 6) is -1.53. The van der Waals surface area contributed by atoms with Gasteiger partial charge in [-0.3, -0.25) is 18.9 Å². The first kappa shape index (κ1) is 51.1. The fraction of sp³-hybridized carbons (Fsp3) is 0.833. The Kier molecular flexibility index (Phi) is 28.1. The highest BCUT2D eigenvalue weighted by Crippen LogP contribution is 2.38. The van der Waals surface area contributed by atoms with Crippen molar-refractivity contribution < 1.29 is 57.1 Å². The summed E-state index contributed by atoms with van der Waals surface area (Å²) in [6.07, 6.45) is 22.6. The summed E-state index contributed by atoms with van der Waals surface area (Å²) >= 11 is 0. The van der Waals surface area contributed by atoms with Crippen LogP contribution in [0.25, 0.3) is 0 Å². The minimum atomic E-state index is -4.68. The Labute approximate surface area is 332 Å². The average Bonchev–Trinajstić information content (AvgIpc) is 3.39. The van der Waals surface area contributed by atoms with E-state index < -0.39 is 44.7 Å². The molecule has 12 nitrogen and oxygen atoms in total. The molecular formula is C42H76NO11P. The van der Waals surface area contributed by atoms with E-state index in [0.29, 0.717) is 36.7 Å². The number of phosphoric acid groups is 1. The fourth-order valence-electron chi connectivity index (χ4n) is 6.41. The van der Waals surface area contributed by atoms with Gasteiger partial charge in [0, 0.05) is 31.1 Å². The van der Waals surface area contributed by atoms with Gasteiger partial charge in [0.1, 0.15) is 25.5 Å². The number of likely N-dealkylation sites (N-methyl/N-ethyl adjacent to an activating group) is 1. The molecule has 0 aromatic carbocycles. The molecule has 320 valence electrons. The number of phosphoric ester groups is 1. The van der Waals surface area contributed by atoms with E-state index in [1.807, 2.05) is 27.2 Å². The Balaban J connectivity index is 2.50. The number of rotatable bonds is 34. The van der Waals surface area contributed by atoms with Gasteiger partial charge in [0.2, 0.25) is 0 Å². The van der Waals surface area contributed by atoms with Crippen LogP contribution in [0.1, 0.15) is 149 Å². The van der Waals surface area contributed by atoms with Crippen molar-refractivity contribution in [3.63, 3.8) is 0 Å². The molecule has 1 rings (SSSR count). The fourth-order valence-corrected chi connectivity index (χ4v) is 7.14. The molecule has 0 aromatic heterocycles. The molecule has 1 saturated carbocycles. The normalized spacial score (nSPS) is 19.9. The molecule has 0 amide bonds. The second kappa shape index (κ2) is 30.2. The van der Waals surface area contributed by atoms with E-state index in [0.717, 1.165) is 77.0 Å². The Bertz CT molecular complexity index is 1150. The summed E-state index contributed by atoms with van der Waals surface area (Å²) in [5, 5.41) is 20.7. The predicted molar refractivity (Wildman–Crippen MR) is 214 cm³/mol. The number of hydrogen-bond acceptors (Lipinski definition) is 11. The van der Waals surface area contributed by atoms with Gasteiger partial charge < -0.3 is 38.1 Å². The molecule has 2 N–H and O–H groups in total. The van der Waals surface area contributed by atoms with Crippen LogP contribution in [-0.2, 0) is 37.5 Å². The average molecular weight is 802 g/mol. The molecule has 1 aliphatic carbocycles. The first-order valence-electron chi connectivity index (χ1n) is 21.1. The van der Waals surface area contributed by atoms with Crippen molar-refractivity contribution >= 4 is 25.5 Å². The number of allylic oxidation sites excluding steroid dienone is 2. The predicted octanol–water partition coefficient (Wildman–Crippen LogP) is 7.53. The van der Waals surface area contributed by atoms with Crippen molar-refractivity contribution in [2.24, 2.45) is 11.8 Å². The highest BCUT2D eigenvalue weighted by atomic mass is 31.2. The smallest absolute Gasteiger partial charge is 0.306 e. The maximum absolute atomic E-state index is 12.6. The van der Waals surface area contributed by atoms with Crippen LogP contribution in [0.3, 0.4) is 0 Å². The topological polar surface area (TPSA) is 169 Å². The van der Waals surface area contributed by atoms with Crippen LogP contribution in [0, 0.1) is 11.8 Å². The molecule has 1 unspecified atom stereocenters. The molecule has 0 aromatic rings. The molecule has 1 aliphatic rings. The van der Waals surface area contributed by atoms with Crippen molar-refractivity contribution in [3.05, 3.63) is 24.3 Å². The highest BCUT2D eigenvalue weighted by molar-refractivity contribution is 7.45. The molecule has 55 heavy (non-hydrogen) atoms. The van der Waals surface area contributed by atoms with Crippen LogP contribution < -0.4 is 4.89 Å². The standard InChI is InChI=1S/C42H76NO11P/c1-6-8-10-11-12-13-14-15-16-17-23-27-42(48)54-36(34-53-55(49,50)52-31-30-43(3,4)5)33-51-41(47)26-22-19-18-21-25-37-38(40(46)32-39(37)45)29-28-35(44)24-20-9-7-2/h11-12,28-29,35-38,40,44,46H,6-10,13-27,30-34H2,1-5H3/b12-11-,29-28+/t35-,36+,37+,38+,40+/m0/s1. The molecule has 0 heterocycles. The van der Waals surface area contributed by atoms with Gasteiger partial charge in [-0.2, -0.15) is 0 Å². The first-order chi connectivity index (χ1) is 26.2. The van der Waals surface area contributed by atoms with Crippen LogP contribution in [0.5, 0.6) is 0 Å². The summed E-state index contributed by atoms with van der Waals surface area (Å²) in [6, 6.07) is 0. The number of nitrogens with zero attached hydrogens (tertiary/aromatic N) is 1. The molecule has 0 spiro atoms. The molecule has 6 atom stereocenters. The van der Waals surface area contributed by atoms with Gasteiger partial charge in [-0.05, 0) is 44.9 Å². The summed E-state index contributed by atoms with van der Waals surface area (Å²) in [4.78, 5) is 50.2. The lowest BCUT2D eigenvalue weighted by Crippen LogP contribution is -2.37.